The van der Waals surface area contributed by atoms with Gasteiger partial charge in [0.2, 0.25) is 0 Å². The van der Waals surface area contributed by atoms with Crippen LogP contribution in [0.2, 0.25) is 0 Å². The molecule has 1 fully saturated rings. The lowest BCUT2D eigenvalue weighted by molar-refractivity contribution is 0.104. The van der Waals surface area contributed by atoms with Crippen molar-refractivity contribution in [1.82, 2.24) is 5.32 Å². The maximum Gasteiger partial charge on any atom is 0.0588 e. The fraction of sp³-hybridized carbons (Fsp3) is 0.692. The van der Waals surface area contributed by atoms with Crippen LogP contribution in [0.3, 0.4) is 0 Å². The van der Waals surface area contributed by atoms with Gasteiger partial charge in [-0.1, -0.05) is 6.92 Å². The Kier molecular flexibility index (Phi) is 4.82. The highest BCUT2D eigenvalue weighted by Crippen LogP contribution is 2.17. The lowest BCUT2D eigenvalue weighted by Crippen LogP contribution is -2.19. The van der Waals surface area contributed by atoms with Gasteiger partial charge in [0.1, 0.15) is 0 Å². The molecule has 1 aromatic rings. The fourth-order valence-electron chi connectivity index (χ4n) is 2.05. The van der Waals surface area contributed by atoms with Gasteiger partial charge in [-0.2, -0.15) is 0 Å². The average Bonchev–Trinajstić information content (AvgIpc) is 2.95. The van der Waals surface area contributed by atoms with Gasteiger partial charge in [-0.3, -0.25) is 0 Å². The smallest absolute Gasteiger partial charge is 0.0588 e. The van der Waals surface area contributed by atoms with Crippen LogP contribution in [0.4, 0.5) is 0 Å². The number of ether oxygens (including phenoxy) is 1. The van der Waals surface area contributed by atoms with Crippen molar-refractivity contribution in [2.24, 2.45) is 0 Å². The molecule has 1 N–H and O–H groups in total. The van der Waals surface area contributed by atoms with Gasteiger partial charge in [0.25, 0.3) is 0 Å². The fourth-order valence-corrected chi connectivity index (χ4v) is 2.98. The maximum absolute atomic E-state index is 5.59. The summed E-state index contributed by atoms with van der Waals surface area (Å²) >= 11 is 1.92. The van der Waals surface area contributed by atoms with Gasteiger partial charge in [-0.15, -0.1) is 11.3 Å². The Bertz CT molecular complexity index is 305. The molecule has 2 heterocycles. The minimum Gasteiger partial charge on any atom is -0.378 e. The van der Waals surface area contributed by atoms with E-state index < -0.39 is 0 Å². The molecule has 1 atom stereocenters. The molecule has 0 aliphatic carbocycles. The first kappa shape index (κ1) is 12.1. The van der Waals surface area contributed by atoms with Crippen molar-refractivity contribution < 1.29 is 4.74 Å². The molecule has 1 saturated heterocycles. The van der Waals surface area contributed by atoms with Crippen LogP contribution < -0.4 is 5.32 Å². The van der Waals surface area contributed by atoms with Crippen LogP contribution in [-0.2, 0) is 17.7 Å². The molecule has 16 heavy (non-hydrogen) atoms. The van der Waals surface area contributed by atoms with Crippen molar-refractivity contribution >= 4 is 11.3 Å². The Labute approximate surface area is 102 Å². The van der Waals surface area contributed by atoms with Gasteiger partial charge in [0.05, 0.1) is 6.10 Å². The molecule has 0 saturated carbocycles. The first-order valence-corrected chi connectivity index (χ1v) is 7.10. The first-order valence-electron chi connectivity index (χ1n) is 6.28. The van der Waals surface area contributed by atoms with Crippen LogP contribution in [0.15, 0.2) is 12.1 Å². The zero-order valence-electron chi connectivity index (χ0n) is 10.00. The van der Waals surface area contributed by atoms with Gasteiger partial charge < -0.3 is 10.1 Å². The summed E-state index contributed by atoms with van der Waals surface area (Å²) in [6.07, 6.45) is 5.32. The predicted octanol–water partition coefficient (Wildman–Crippen LogP) is 2.97. The second-order valence-electron chi connectivity index (χ2n) is 4.32. The highest BCUT2D eigenvalue weighted by Gasteiger charge is 2.14. The second-order valence-corrected chi connectivity index (χ2v) is 5.57. The Hall–Kier alpha value is -0.380. The summed E-state index contributed by atoms with van der Waals surface area (Å²) in [4.78, 5) is 2.93. The van der Waals surface area contributed by atoms with E-state index in [2.05, 4.69) is 24.4 Å². The summed E-state index contributed by atoms with van der Waals surface area (Å²) in [7, 11) is 0. The van der Waals surface area contributed by atoms with E-state index in [1.54, 1.807) is 0 Å². The standard InChI is InChI=1S/C13H21NOS/c1-2-12-5-6-13(16-12)10-14-8-7-11-4-3-9-15-11/h5-6,11,14H,2-4,7-10H2,1H3. The Balaban J connectivity index is 1.60. The maximum atomic E-state index is 5.59. The molecular weight excluding hydrogens is 218 g/mol. The van der Waals surface area contributed by atoms with Gasteiger partial charge in [-0.05, 0) is 44.4 Å². The van der Waals surface area contributed by atoms with Crippen molar-refractivity contribution in [2.75, 3.05) is 13.2 Å². The zero-order chi connectivity index (χ0) is 11.2. The van der Waals surface area contributed by atoms with E-state index in [0.29, 0.717) is 6.10 Å². The van der Waals surface area contributed by atoms with Crippen LogP contribution in [0.5, 0.6) is 0 Å². The highest BCUT2D eigenvalue weighted by atomic mass is 32.1. The summed E-state index contributed by atoms with van der Waals surface area (Å²) in [5.41, 5.74) is 0. The molecule has 2 rings (SSSR count). The topological polar surface area (TPSA) is 21.3 Å². The molecule has 90 valence electrons. The van der Waals surface area contributed by atoms with E-state index in [-0.39, 0.29) is 0 Å². The van der Waals surface area contributed by atoms with Gasteiger partial charge in [0, 0.05) is 22.9 Å². The van der Waals surface area contributed by atoms with Gasteiger partial charge in [-0.25, -0.2) is 0 Å². The average molecular weight is 239 g/mol. The van der Waals surface area contributed by atoms with Crippen molar-refractivity contribution in [3.8, 4) is 0 Å². The molecule has 1 aliphatic heterocycles. The van der Waals surface area contributed by atoms with Crippen molar-refractivity contribution in [3.05, 3.63) is 21.9 Å². The molecule has 0 spiro atoms. The third kappa shape index (κ3) is 3.58. The van der Waals surface area contributed by atoms with Crippen molar-refractivity contribution in [3.63, 3.8) is 0 Å². The van der Waals surface area contributed by atoms with Crippen LogP contribution in [-0.4, -0.2) is 19.3 Å². The lowest BCUT2D eigenvalue weighted by atomic mass is 10.2. The molecule has 0 aromatic carbocycles. The van der Waals surface area contributed by atoms with E-state index in [1.165, 1.54) is 22.6 Å². The van der Waals surface area contributed by atoms with Crippen molar-refractivity contribution in [2.45, 2.75) is 45.3 Å². The van der Waals surface area contributed by atoms with Crippen LogP contribution in [0.25, 0.3) is 0 Å². The molecular formula is C13H21NOS. The van der Waals surface area contributed by atoms with E-state index in [4.69, 9.17) is 4.74 Å². The van der Waals surface area contributed by atoms with E-state index in [0.717, 1.165) is 32.5 Å². The van der Waals surface area contributed by atoms with E-state index >= 15 is 0 Å². The van der Waals surface area contributed by atoms with E-state index in [1.807, 2.05) is 11.3 Å². The van der Waals surface area contributed by atoms with Gasteiger partial charge in [0.15, 0.2) is 0 Å². The van der Waals surface area contributed by atoms with E-state index in [9.17, 15) is 0 Å². The minimum absolute atomic E-state index is 0.516. The molecule has 3 heteroatoms. The molecule has 1 aromatic heterocycles. The van der Waals surface area contributed by atoms with Crippen molar-refractivity contribution in [1.29, 1.82) is 0 Å². The Morgan fingerprint density at radius 1 is 1.44 bits per heavy atom. The zero-order valence-corrected chi connectivity index (χ0v) is 10.8. The minimum atomic E-state index is 0.516. The third-order valence-corrected chi connectivity index (χ3v) is 4.26. The summed E-state index contributed by atoms with van der Waals surface area (Å²) in [6.45, 7) is 5.26. The van der Waals surface area contributed by atoms with Crippen LogP contribution >= 0.6 is 11.3 Å². The molecule has 0 radical (unpaired) electrons. The molecule has 1 unspecified atom stereocenters. The number of thiophene rings is 1. The molecule has 1 aliphatic rings. The number of hydrogen-bond acceptors (Lipinski definition) is 3. The largest absolute Gasteiger partial charge is 0.378 e. The van der Waals surface area contributed by atoms with Crippen LogP contribution in [0.1, 0.15) is 35.9 Å². The monoisotopic (exact) mass is 239 g/mol. The SMILES string of the molecule is CCc1ccc(CNCCC2CCCO2)s1. The molecule has 0 amide bonds. The lowest BCUT2D eigenvalue weighted by Gasteiger charge is -2.09. The summed E-state index contributed by atoms with van der Waals surface area (Å²) in [5, 5.41) is 3.50. The normalized spacial score (nSPS) is 20.4. The number of aryl methyl sites for hydroxylation is 1. The summed E-state index contributed by atoms with van der Waals surface area (Å²) in [6, 6.07) is 4.48. The Morgan fingerprint density at radius 2 is 2.31 bits per heavy atom. The molecule has 0 bridgehead atoms. The van der Waals surface area contributed by atoms with Gasteiger partial charge >= 0.3 is 0 Å². The molecule has 2 nitrogen and oxygen atoms in total. The quantitative estimate of drug-likeness (QED) is 0.771. The van der Waals surface area contributed by atoms with Crippen LogP contribution in [0, 0.1) is 0 Å². The number of hydrogen-bond donors (Lipinski definition) is 1. The second kappa shape index (κ2) is 6.38. The predicted molar refractivity (Wildman–Crippen MR) is 69.0 cm³/mol. The number of rotatable bonds is 6. The third-order valence-electron chi connectivity index (χ3n) is 3.03. The summed E-state index contributed by atoms with van der Waals surface area (Å²) < 4.78 is 5.59. The highest BCUT2D eigenvalue weighted by molar-refractivity contribution is 7.11. The first-order chi connectivity index (χ1) is 7.88. The Morgan fingerprint density at radius 3 is 3.00 bits per heavy atom. The number of nitrogens with one attached hydrogen (secondary N) is 1. The summed E-state index contributed by atoms with van der Waals surface area (Å²) in [5.74, 6) is 0.